The molecule has 2 aliphatic rings. The standard InChI is InChI=1S/C18H21N5O2S2/c1-12-2-7-17(26-12)27(24,25)22-10-8-14(9-11-22)18-20-19-16-6-5-15(13-3-4-13)21-23(16)18/h2,5-7,13-14H,3-4,8-11H2,1H3. The first kappa shape index (κ1) is 17.3. The van der Waals surface area contributed by atoms with Gasteiger partial charge in [0.1, 0.15) is 4.21 Å². The molecule has 2 fully saturated rings. The summed E-state index contributed by atoms with van der Waals surface area (Å²) in [5, 5.41) is 13.4. The summed E-state index contributed by atoms with van der Waals surface area (Å²) in [4.78, 5) is 1.01. The van der Waals surface area contributed by atoms with Crippen molar-refractivity contribution in [2.75, 3.05) is 13.1 Å². The molecule has 5 rings (SSSR count). The SMILES string of the molecule is Cc1ccc(S(=O)(=O)N2CCC(c3nnc4ccc(C5CC5)nn34)CC2)s1. The average Bonchev–Trinajstić information content (AvgIpc) is 3.29. The first-order valence-corrected chi connectivity index (χ1v) is 11.6. The number of nitrogens with zero attached hydrogens (tertiary/aromatic N) is 5. The molecule has 3 aromatic heterocycles. The summed E-state index contributed by atoms with van der Waals surface area (Å²) >= 11 is 1.33. The molecule has 1 saturated heterocycles. The highest BCUT2D eigenvalue weighted by molar-refractivity contribution is 7.91. The van der Waals surface area contributed by atoms with Gasteiger partial charge >= 0.3 is 0 Å². The van der Waals surface area contributed by atoms with E-state index >= 15 is 0 Å². The van der Waals surface area contributed by atoms with Gasteiger partial charge in [-0.3, -0.25) is 0 Å². The number of aryl methyl sites for hydroxylation is 1. The maximum absolute atomic E-state index is 12.8. The van der Waals surface area contributed by atoms with Crippen LogP contribution in [0, 0.1) is 6.92 Å². The molecule has 4 heterocycles. The highest BCUT2D eigenvalue weighted by Crippen LogP contribution is 2.39. The predicted molar refractivity (Wildman–Crippen MR) is 103 cm³/mol. The molecule has 0 N–H and O–H groups in total. The lowest BCUT2D eigenvalue weighted by Crippen LogP contribution is -2.38. The van der Waals surface area contributed by atoms with Crippen molar-refractivity contribution in [3.63, 3.8) is 0 Å². The van der Waals surface area contributed by atoms with Gasteiger partial charge < -0.3 is 0 Å². The maximum atomic E-state index is 12.8. The predicted octanol–water partition coefficient (Wildman–Crippen LogP) is 2.94. The molecule has 142 valence electrons. The van der Waals surface area contributed by atoms with E-state index in [4.69, 9.17) is 5.10 Å². The Morgan fingerprint density at radius 2 is 1.78 bits per heavy atom. The molecule has 0 amide bonds. The van der Waals surface area contributed by atoms with E-state index in [0.717, 1.165) is 34.9 Å². The average molecular weight is 404 g/mol. The molecule has 0 spiro atoms. The van der Waals surface area contributed by atoms with Gasteiger partial charge in [0.15, 0.2) is 11.5 Å². The third kappa shape index (κ3) is 3.07. The summed E-state index contributed by atoms with van der Waals surface area (Å²) in [6.45, 7) is 2.93. The minimum absolute atomic E-state index is 0.179. The van der Waals surface area contributed by atoms with E-state index in [1.54, 1.807) is 10.4 Å². The summed E-state index contributed by atoms with van der Waals surface area (Å²) in [6, 6.07) is 7.59. The Hall–Kier alpha value is -1.84. The van der Waals surface area contributed by atoms with Crippen molar-refractivity contribution >= 4 is 27.0 Å². The van der Waals surface area contributed by atoms with Gasteiger partial charge in [-0.25, -0.2) is 8.42 Å². The largest absolute Gasteiger partial charge is 0.252 e. The van der Waals surface area contributed by atoms with Gasteiger partial charge in [-0.05, 0) is 56.9 Å². The van der Waals surface area contributed by atoms with E-state index in [0.29, 0.717) is 23.2 Å². The van der Waals surface area contributed by atoms with Crippen LogP contribution in [-0.4, -0.2) is 45.6 Å². The zero-order chi connectivity index (χ0) is 18.6. The monoisotopic (exact) mass is 403 g/mol. The Bertz CT molecular complexity index is 1090. The molecular formula is C18H21N5O2S2. The van der Waals surface area contributed by atoms with Crippen molar-refractivity contribution in [3.05, 3.63) is 40.7 Å². The van der Waals surface area contributed by atoms with Crippen LogP contribution in [0.25, 0.3) is 5.65 Å². The Morgan fingerprint density at radius 1 is 1.00 bits per heavy atom. The van der Waals surface area contributed by atoms with Crippen molar-refractivity contribution in [1.29, 1.82) is 0 Å². The molecular weight excluding hydrogens is 382 g/mol. The fraction of sp³-hybridized carbons (Fsp3) is 0.500. The Labute approximate surface area is 162 Å². The molecule has 0 radical (unpaired) electrons. The summed E-state index contributed by atoms with van der Waals surface area (Å²) in [5.74, 6) is 1.61. The summed E-state index contributed by atoms with van der Waals surface area (Å²) in [5.41, 5.74) is 1.87. The van der Waals surface area contributed by atoms with E-state index in [9.17, 15) is 8.42 Å². The third-order valence-corrected chi connectivity index (χ3v) is 8.80. The van der Waals surface area contributed by atoms with Crippen LogP contribution in [0.5, 0.6) is 0 Å². The second-order valence-electron chi connectivity index (χ2n) is 7.40. The van der Waals surface area contributed by atoms with E-state index < -0.39 is 10.0 Å². The van der Waals surface area contributed by atoms with E-state index in [1.165, 1.54) is 24.2 Å². The molecule has 1 saturated carbocycles. The Balaban J connectivity index is 1.36. The van der Waals surface area contributed by atoms with Crippen molar-refractivity contribution in [1.82, 2.24) is 24.1 Å². The van der Waals surface area contributed by atoms with Gasteiger partial charge in [0, 0.05) is 29.8 Å². The van der Waals surface area contributed by atoms with E-state index in [-0.39, 0.29) is 5.92 Å². The summed E-state index contributed by atoms with van der Waals surface area (Å²) < 4.78 is 29.5. The van der Waals surface area contributed by atoms with E-state index in [2.05, 4.69) is 10.2 Å². The normalized spacial score (nSPS) is 19.7. The molecule has 9 heteroatoms. The molecule has 3 aromatic rings. The smallest absolute Gasteiger partial charge is 0.206 e. The lowest BCUT2D eigenvalue weighted by molar-refractivity contribution is 0.312. The van der Waals surface area contributed by atoms with Crippen LogP contribution in [-0.2, 0) is 10.0 Å². The zero-order valence-corrected chi connectivity index (χ0v) is 16.7. The van der Waals surface area contributed by atoms with Crippen LogP contribution in [0.4, 0.5) is 0 Å². The number of thiophene rings is 1. The third-order valence-electron chi connectivity index (χ3n) is 5.43. The van der Waals surface area contributed by atoms with Gasteiger partial charge in [0.25, 0.3) is 10.0 Å². The molecule has 1 aliphatic carbocycles. The second kappa shape index (κ2) is 6.35. The molecule has 0 atom stereocenters. The van der Waals surface area contributed by atoms with Crippen LogP contribution in [0.1, 0.15) is 53.9 Å². The Kier molecular flexibility index (Phi) is 4.06. The topological polar surface area (TPSA) is 80.5 Å². The number of fused-ring (bicyclic) bond motifs is 1. The van der Waals surface area contributed by atoms with Crippen LogP contribution in [0.2, 0.25) is 0 Å². The molecule has 27 heavy (non-hydrogen) atoms. The van der Waals surface area contributed by atoms with Crippen molar-refractivity contribution in [3.8, 4) is 0 Å². The molecule has 0 aromatic carbocycles. The lowest BCUT2D eigenvalue weighted by Gasteiger charge is -2.29. The first-order chi connectivity index (χ1) is 13.0. The van der Waals surface area contributed by atoms with Crippen molar-refractivity contribution in [2.45, 2.75) is 48.7 Å². The number of aromatic nitrogens is 4. The zero-order valence-electron chi connectivity index (χ0n) is 15.1. The fourth-order valence-corrected chi connectivity index (χ4v) is 6.61. The molecule has 0 unspecified atom stereocenters. The molecule has 0 bridgehead atoms. The van der Waals surface area contributed by atoms with Gasteiger partial charge in [-0.1, -0.05) is 0 Å². The van der Waals surface area contributed by atoms with Crippen LogP contribution < -0.4 is 0 Å². The summed E-state index contributed by atoms with van der Waals surface area (Å²) in [6.07, 6.45) is 3.88. The molecule has 7 nitrogen and oxygen atoms in total. The van der Waals surface area contributed by atoms with Gasteiger partial charge in [-0.15, -0.1) is 21.5 Å². The maximum Gasteiger partial charge on any atom is 0.252 e. The van der Waals surface area contributed by atoms with Gasteiger partial charge in [0.2, 0.25) is 0 Å². The second-order valence-corrected chi connectivity index (χ2v) is 10.9. The van der Waals surface area contributed by atoms with Crippen molar-refractivity contribution < 1.29 is 8.42 Å². The number of hydrogen-bond donors (Lipinski definition) is 0. The minimum atomic E-state index is -3.39. The fourth-order valence-electron chi connectivity index (χ4n) is 3.70. The number of rotatable bonds is 4. The minimum Gasteiger partial charge on any atom is -0.206 e. The highest BCUT2D eigenvalue weighted by Gasteiger charge is 2.33. The van der Waals surface area contributed by atoms with Crippen LogP contribution in [0.15, 0.2) is 28.5 Å². The van der Waals surface area contributed by atoms with Crippen molar-refractivity contribution in [2.24, 2.45) is 0 Å². The van der Waals surface area contributed by atoms with Crippen LogP contribution >= 0.6 is 11.3 Å². The number of piperidine rings is 1. The van der Waals surface area contributed by atoms with Gasteiger partial charge in [-0.2, -0.15) is 13.9 Å². The van der Waals surface area contributed by atoms with E-state index in [1.807, 2.05) is 29.6 Å². The number of sulfonamides is 1. The Morgan fingerprint density at radius 3 is 2.44 bits per heavy atom. The summed E-state index contributed by atoms with van der Waals surface area (Å²) in [7, 11) is -3.39. The highest BCUT2D eigenvalue weighted by atomic mass is 32.2. The quantitative estimate of drug-likeness (QED) is 0.669. The molecule has 1 aliphatic heterocycles. The van der Waals surface area contributed by atoms with Gasteiger partial charge in [0.05, 0.1) is 5.69 Å². The van der Waals surface area contributed by atoms with Crippen LogP contribution in [0.3, 0.4) is 0 Å². The lowest BCUT2D eigenvalue weighted by atomic mass is 9.97. The number of hydrogen-bond acceptors (Lipinski definition) is 6. The first-order valence-electron chi connectivity index (χ1n) is 9.31.